The monoisotopic (exact) mass is 359 g/mol. The van der Waals surface area contributed by atoms with E-state index in [0.717, 1.165) is 12.8 Å². The normalized spacial score (nSPS) is 16.9. The molecule has 0 bridgehead atoms. The number of benzene rings is 1. The molecule has 6 heteroatoms. The lowest BCUT2D eigenvalue weighted by molar-refractivity contribution is -0.148. The van der Waals surface area contributed by atoms with Gasteiger partial charge in [-0.1, -0.05) is 30.5 Å². The smallest absolute Gasteiger partial charge is 0.311 e. The van der Waals surface area contributed by atoms with E-state index in [-0.39, 0.29) is 12.5 Å². The van der Waals surface area contributed by atoms with Crippen LogP contribution in [-0.2, 0) is 4.79 Å². The lowest BCUT2D eigenvalue weighted by atomic mass is 9.86. The van der Waals surface area contributed by atoms with Gasteiger partial charge in [0, 0.05) is 11.0 Å². The molecule has 1 aliphatic carbocycles. The Morgan fingerprint density at radius 2 is 2.00 bits per heavy atom. The molecule has 1 aromatic carbocycles. The fourth-order valence-corrected chi connectivity index (χ4v) is 3.12. The highest BCUT2D eigenvalue weighted by molar-refractivity contribution is 9.10. The SMILES string of the molecule is O=C(NCC1(C(=O)O)CCCC1)c1cccc(Br)c1Cl. The average molecular weight is 361 g/mol. The molecule has 4 nitrogen and oxygen atoms in total. The number of nitrogens with one attached hydrogen (secondary N) is 1. The molecule has 108 valence electrons. The number of carbonyl (C=O) groups excluding carboxylic acids is 1. The fourth-order valence-electron chi connectivity index (χ4n) is 2.54. The molecule has 0 saturated heterocycles. The van der Waals surface area contributed by atoms with Gasteiger partial charge in [-0.25, -0.2) is 0 Å². The molecule has 2 N–H and O–H groups in total. The van der Waals surface area contributed by atoms with Crippen LogP contribution in [0.15, 0.2) is 22.7 Å². The molecule has 0 unspecified atom stereocenters. The summed E-state index contributed by atoms with van der Waals surface area (Å²) in [5.74, 6) is -1.18. The minimum absolute atomic E-state index is 0.143. The number of rotatable bonds is 4. The Labute approximate surface area is 130 Å². The summed E-state index contributed by atoms with van der Waals surface area (Å²) in [6.45, 7) is 0.143. The predicted octanol–water partition coefficient (Wildman–Crippen LogP) is 3.48. The molecule has 0 atom stereocenters. The Balaban J connectivity index is 2.08. The molecule has 1 saturated carbocycles. The largest absolute Gasteiger partial charge is 0.481 e. The number of amides is 1. The van der Waals surface area contributed by atoms with Crippen molar-refractivity contribution in [3.8, 4) is 0 Å². The highest BCUT2D eigenvalue weighted by atomic mass is 79.9. The zero-order chi connectivity index (χ0) is 14.8. The van der Waals surface area contributed by atoms with Crippen LogP contribution >= 0.6 is 27.5 Å². The maximum atomic E-state index is 12.1. The van der Waals surface area contributed by atoms with Gasteiger partial charge in [-0.3, -0.25) is 9.59 Å². The maximum absolute atomic E-state index is 12.1. The quantitative estimate of drug-likeness (QED) is 0.864. The van der Waals surface area contributed by atoms with Gasteiger partial charge in [0.2, 0.25) is 0 Å². The lowest BCUT2D eigenvalue weighted by Gasteiger charge is -2.24. The van der Waals surface area contributed by atoms with E-state index in [2.05, 4.69) is 21.2 Å². The Bertz CT molecular complexity index is 541. The first-order valence-corrected chi connectivity index (χ1v) is 7.59. The van der Waals surface area contributed by atoms with Crippen molar-refractivity contribution in [1.29, 1.82) is 0 Å². The summed E-state index contributed by atoms with van der Waals surface area (Å²) in [4.78, 5) is 23.5. The fraction of sp³-hybridized carbons (Fsp3) is 0.429. The van der Waals surface area contributed by atoms with Gasteiger partial charge in [0.15, 0.2) is 0 Å². The molecule has 1 aliphatic rings. The summed E-state index contributed by atoms with van der Waals surface area (Å²) in [6, 6.07) is 5.08. The number of carboxylic acid groups (broad SMARTS) is 1. The molecule has 1 aromatic rings. The van der Waals surface area contributed by atoms with Crippen LogP contribution in [0.25, 0.3) is 0 Å². The molecule has 0 aromatic heterocycles. The first kappa shape index (κ1) is 15.3. The van der Waals surface area contributed by atoms with Gasteiger partial charge >= 0.3 is 5.97 Å². The van der Waals surface area contributed by atoms with E-state index >= 15 is 0 Å². The summed E-state index contributed by atoms with van der Waals surface area (Å²) in [7, 11) is 0. The second-order valence-electron chi connectivity index (χ2n) is 5.08. The van der Waals surface area contributed by atoms with E-state index in [4.69, 9.17) is 11.6 Å². The van der Waals surface area contributed by atoms with Gasteiger partial charge in [-0.2, -0.15) is 0 Å². The Morgan fingerprint density at radius 1 is 1.35 bits per heavy atom. The van der Waals surface area contributed by atoms with Gasteiger partial charge in [0.1, 0.15) is 0 Å². The van der Waals surface area contributed by atoms with Crippen molar-refractivity contribution in [3.63, 3.8) is 0 Å². The highest BCUT2D eigenvalue weighted by Gasteiger charge is 2.41. The molecule has 0 aliphatic heterocycles. The van der Waals surface area contributed by atoms with Gasteiger partial charge in [0.25, 0.3) is 5.91 Å². The second-order valence-corrected chi connectivity index (χ2v) is 6.31. The molecule has 1 amide bonds. The second kappa shape index (κ2) is 6.14. The third-order valence-corrected chi connectivity index (χ3v) is 5.09. The molecule has 0 heterocycles. The standard InChI is InChI=1S/C14H15BrClNO3/c15-10-5-3-4-9(11(10)16)12(18)17-8-14(13(19)20)6-1-2-7-14/h3-5H,1-2,6-8H2,(H,17,18)(H,19,20). The van der Waals surface area contributed by atoms with E-state index in [9.17, 15) is 14.7 Å². The van der Waals surface area contributed by atoms with E-state index in [1.165, 1.54) is 0 Å². The molecule has 0 spiro atoms. The third kappa shape index (κ3) is 2.99. The molecular formula is C14H15BrClNO3. The van der Waals surface area contributed by atoms with E-state index < -0.39 is 11.4 Å². The molecule has 2 rings (SSSR count). The minimum atomic E-state index is -0.837. The average Bonchev–Trinajstić information content (AvgIpc) is 2.89. The molecular weight excluding hydrogens is 346 g/mol. The zero-order valence-corrected chi connectivity index (χ0v) is 13.1. The van der Waals surface area contributed by atoms with Gasteiger partial charge < -0.3 is 10.4 Å². The summed E-state index contributed by atoms with van der Waals surface area (Å²) >= 11 is 9.32. The van der Waals surface area contributed by atoms with Crippen LogP contribution in [0.3, 0.4) is 0 Å². The number of carboxylic acids is 1. The van der Waals surface area contributed by atoms with E-state index in [1.54, 1.807) is 18.2 Å². The summed E-state index contributed by atoms with van der Waals surface area (Å²) in [6.07, 6.45) is 2.99. The summed E-state index contributed by atoms with van der Waals surface area (Å²) < 4.78 is 0.639. The van der Waals surface area contributed by atoms with Crippen LogP contribution in [0.4, 0.5) is 0 Å². The Hall–Kier alpha value is -1.07. The van der Waals surface area contributed by atoms with Crippen molar-refractivity contribution in [3.05, 3.63) is 33.3 Å². The van der Waals surface area contributed by atoms with Crippen LogP contribution in [0.5, 0.6) is 0 Å². The van der Waals surface area contributed by atoms with Crippen molar-refractivity contribution in [2.45, 2.75) is 25.7 Å². The highest BCUT2D eigenvalue weighted by Crippen LogP contribution is 2.38. The van der Waals surface area contributed by atoms with Crippen LogP contribution in [0.2, 0.25) is 5.02 Å². The van der Waals surface area contributed by atoms with Crippen LogP contribution in [-0.4, -0.2) is 23.5 Å². The number of aliphatic carboxylic acids is 1. The predicted molar refractivity (Wildman–Crippen MR) is 80.0 cm³/mol. The van der Waals surface area contributed by atoms with Gasteiger partial charge in [-0.15, -0.1) is 0 Å². The number of halogens is 2. The molecule has 20 heavy (non-hydrogen) atoms. The summed E-state index contributed by atoms with van der Waals surface area (Å²) in [5.41, 5.74) is -0.478. The van der Waals surface area contributed by atoms with Crippen molar-refractivity contribution in [2.75, 3.05) is 6.54 Å². The van der Waals surface area contributed by atoms with Crippen molar-refractivity contribution in [1.82, 2.24) is 5.32 Å². The van der Waals surface area contributed by atoms with Crippen LogP contribution in [0.1, 0.15) is 36.0 Å². The summed E-state index contributed by atoms with van der Waals surface area (Å²) in [5, 5.41) is 12.4. The van der Waals surface area contributed by atoms with Crippen LogP contribution < -0.4 is 5.32 Å². The number of carbonyl (C=O) groups is 2. The molecule has 1 fully saturated rings. The number of hydrogen-bond acceptors (Lipinski definition) is 2. The molecule has 0 radical (unpaired) electrons. The third-order valence-electron chi connectivity index (χ3n) is 3.80. The number of hydrogen-bond donors (Lipinski definition) is 2. The van der Waals surface area contributed by atoms with Crippen molar-refractivity contribution >= 4 is 39.4 Å². The van der Waals surface area contributed by atoms with Crippen molar-refractivity contribution < 1.29 is 14.7 Å². The van der Waals surface area contributed by atoms with Gasteiger partial charge in [-0.05, 0) is 40.9 Å². The van der Waals surface area contributed by atoms with Crippen molar-refractivity contribution in [2.24, 2.45) is 5.41 Å². The minimum Gasteiger partial charge on any atom is -0.481 e. The maximum Gasteiger partial charge on any atom is 0.311 e. The lowest BCUT2D eigenvalue weighted by Crippen LogP contribution is -2.41. The zero-order valence-electron chi connectivity index (χ0n) is 10.8. The van der Waals surface area contributed by atoms with E-state index in [0.29, 0.717) is 27.9 Å². The Morgan fingerprint density at radius 3 is 2.60 bits per heavy atom. The Kier molecular flexibility index (Phi) is 4.70. The topological polar surface area (TPSA) is 66.4 Å². The first-order chi connectivity index (χ1) is 9.46. The van der Waals surface area contributed by atoms with Gasteiger partial charge in [0.05, 0.1) is 16.0 Å². The van der Waals surface area contributed by atoms with Crippen LogP contribution in [0, 0.1) is 5.41 Å². The first-order valence-electron chi connectivity index (χ1n) is 6.42. The van der Waals surface area contributed by atoms with E-state index in [1.807, 2.05) is 0 Å².